The van der Waals surface area contributed by atoms with Crippen LogP contribution >= 0.6 is 0 Å². The molecular formula is C27H35N3O3. The van der Waals surface area contributed by atoms with Gasteiger partial charge in [0.2, 0.25) is 5.91 Å². The third-order valence-corrected chi connectivity index (χ3v) is 6.44. The molecule has 1 fully saturated rings. The van der Waals surface area contributed by atoms with Gasteiger partial charge in [-0.3, -0.25) is 9.69 Å². The van der Waals surface area contributed by atoms with Crippen LogP contribution in [0.2, 0.25) is 0 Å². The average molecular weight is 450 g/mol. The van der Waals surface area contributed by atoms with E-state index >= 15 is 0 Å². The number of hydrogen-bond acceptors (Lipinski definition) is 5. The zero-order valence-electron chi connectivity index (χ0n) is 20.0. The number of hydrogen-bond donors (Lipinski definition) is 0. The average Bonchev–Trinajstić information content (AvgIpc) is 2.87. The number of benzene rings is 2. The van der Waals surface area contributed by atoms with Crippen LogP contribution in [0.5, 0.6) is 5.75 Å². The van der Waals surface area contributed by atoms with Crippen LogP contribution in [0.15, 0.2) is 48.5 Å². The van der Waals surface area contributed by atoms with Crippen LogP contribution in [0.3, 0.4) is 0 Å². The molecule has 1 aliphatic heterocycles. The maximum Gasteiger partial charge on any atom is 0.225 e. The van der Waals surface area contributed by atoms with Crippen molar-refractivity contribution in [3.63, 3.8) is 0 Å². The van der Waals surface area contributed by atoms with E-state index < -0.39 is 0 Å². The lowest BCUT2D eigenvalue weighted by molar-refractivity contribution is -0.137. The number of methoxy groups -OCH3 is 1. The number of rotatable bonds is 10. The van der Waals surface area contributed by atoms with E-state index in [0.717, 1.165) is 62.4 Å². The Kier molecular flexibility index (Phi) is 9.29. The van der Waals surface area contributed by atoms with Gasteiger partial charge < -0.3 is 14.4 Å². The van der Waals surface area contributed by atoms with E-state index in [4.69, 9.17) is 14.7 Å². The van der Waals surface area contributed by atoms with Crippen molar-refractivity contribution in [1.82, 2.24) is 9.80 Å². The van der Waals surface area contributed by atoms with Gasteiger partial charge in [0.05, 0.1) is 31.5 Å². The summed E-state index contributed by atoms with van der Waals surface area (Å²) in [6.45, 7) is 8.58. The summed E-state index contributed by atoms with van der Waals surface area (Å²) in [7, 11) is 1.67. The fraction of sp³-hybridized carbons (Fsp3) is 0.481. The van der Waals surface area contributed by atoms with Crippen LogP contribution in [0, 0.1) is 17.2 Å². The van der Waals surface area contributed by atoms with Gasteiger partial charge >= 0.3 is 0 Å². The van der Waals surface area contributed by atoms with Crippen LogP contribution in [0.25, 0.3) is 0 Å². The molecule has 0 saturated carbocycles. The van der Waals surface area contributed by atoms with Gasteiger partial charge in [-0.25, -0.2) is 0 Å². The van der Waals surface area contributed by atoms with Gasteiger partial charge in [-0.2, -0.15) is 5.26 Å². The lowest BCUT2D eigenvalue weighted by Crippen LogP contribution is -2.51. The molecule has 2 aromatic carbocycles. The number of carbonyl (C=O) groups excluding carboxylic acids is 1. The Hall–Kier alpha value is -2.88. The Labute approximate surface area is 197 Å². The Morgan fingerprint density at radius 1 is 1.06 bits per heavy atom. The highest BCUT2D eigenvalue weighted by Gasteiger charge is 2.27. The van der Waals surface area contributed by atoms with Crippen molar-refractivity contribution in [1.29, 1.82) is 5.26 Å². The molecule has 0 bridgehead atoms. The third-order valence-electron chi connectivity index (χ3n) is 6.44. The highest BCUT2D eigenvalue weighted by atomic mass is 16.5. The molecule has 1 unspecified atom stereocenters. The van der Waals surface area contributed by atoms with Crippen LogP contribution in [-0.4, -0.2) is 55.5 Å². The maximum absolute atomic E-state index is 12.7. The van der Waals surface area contributed by atoms with Crippen LogP contribution in [-0.2, 0) is 16.1 Å². The first-order valence-electron chi connectivity index (χ1n) is 11.8. The number of carbonyl (C=O) groups is 1. The Bertz CT molecular complexity index is 926. The predicted molar refractivity (Wildman–Crippen MR) is 129 cm³/mol. The number of amides is 1. The molecule has 1 aliphatic rings. The summed E-state index contributed by atoms with van der Waals surface area (Å²) < 4.78 is 11.8. The molecule has 1 heterocycles. The van der Waals surface area contributed by atoms with Gasteiger partial charge in [-0.15, -0.1) is 0 Å². The first kappa shape index (κ1) is 24.8. The largest absolute Gasteiger partial charge is 0.497 e. The van der Waals surface area contributed by atoms with Crippen molar-refractivity contribution >= 4 is 5.91 Å². The monoisotopic (exact) mass is 449 g/mol. The van der Waals surface area contributed by atoms with Crippen LogP contribution < -0.4 is 4.74 Å². The number of ether oxygens (including phenoxy) is 2. The number of nitrogens with zero attached hydrogens (tertiary/aromatic N) is 3. The molecule has 176 valence electrons. The van der Waals surface area contributed by atoms with Gasteiger partial charge in [0.15, 0.2) is 0 Å². The Morgan fingerprint density at radius 2 is 1.76 bits per heavy atom. The van der Waals surface area contributed by atoms with Gasteiger partial charge in [0, 0.05) is 38.6 Å². The van der Waals surface area contributed by atoms with Gasteiger partial charge in [0.25, 0.3) is 0 Å². The van der Waals surface area contributed by atoms with E-state index in [2.05, 4.69) is 30.9 Å². The minimum atomic E-state index is -0.128. The molecule has 0 spiro atoms. The second-order valence-electron chi connectivity index (χ2n) is 8.52. The molecule has 0 radical (unpaired) electrons. The number of piperazine rings is 1. The predicted octanol–water partition coefficient (Wildman–Crippen LogP) is 4.41. The summed E-state index contributed by atoms with van der Waals surface area (Å²) in [5.74, 6) is 1.23. The van der Waals surface area contributed by atoms with E-state index in [1.54, 1.807) is 7.11 Å². The van der Waals surface area contributed by atoms with Gasteiger partial charge in [-0.1, -0.05) is 38.1 Å². The lowest BCUT2D eigenvalue weighted by Gasteiger charge is -2.37. The van der Waals surface area contributed by atoms with Crippen molar-refractivity contribution in [3.8, 4) is 11.8 Å². The minimum Gasteiger partial charge on any atom is -0.497 e. The first-order valence-corrected chi connectivity index (χ1v) is 11.8. The molecule has 6 nitrogen and oxygen atoms in total. The fourth-order valence-electron chi connectivity index (χ4n) is 4.25. The van der Waals surface area contributed by atoms with E-state index in [9.17, 15) is 4.79 Å². The highest BCUT2D eigenvalue weighted by Crippen LogP contribution is 2.25. The van der Waals surface area contributed by atoms with Crippen LogP contribution in [0.1, 0.15) is 49.5 Å². The van der Waals surface area contributed by atoms with E-state index in [1.165, 1.54) is 0 Å². The van der Waals surface area contributed by atoms with Crippen molar-refractivity contribution in [2.24, 2.45) is 5.92 Å². The minimum absolute atomic E-state index is 0.128. The molecule has 0 aromatic heterocycles. The second kappa shape index (κ2) is 12.4. The summed E-state index contributed by atoms with van der Waals surface area (Å²) in [5.41, 5.74) is 2.74. The molecule has 1 saturated heterocycles. The Morgan fingerprint density at radius 3 is 2.36 bits per heavy atom. The molecule has 2 aromatic rings. The molecule has 1 amide bonds. The fourth-order valence-corrected chi connectivity index (χ4v) is 4.25. The molecule has 1 atom stereocenters. The van der Waals surface area contributed by atoms with Crippen molar-refractivity contribution in [2.75, 3.05) is 39.8 Å². The summed E-state index contributed by atoms with van der Waals surface area (Å²) in [5, 5.41) is 9.02. The number of nitriles is 1. The molecule has 0 N–H and O–H groups in total. The molecule has 0 aliphatic carbocycles. The maximum atomic E-state index is 12.7. The summed E-state index contributed by atoms with van der Waals surface area (Å²) in [4.78, 5) is 17.1. The molecule has 3 rings (SSSR count). The zero-order chi connectivity index (χ0) is 23.6. The molecular weight excluding hydrogens is 414 g/mol. The molecule has 33 heavy (non-hydrogen) atoms. The van der Waals surface area contributed by atoms with E-state index in [0.29, 0.717) is 18.1 Å². The zero-order valence-corrected chi connectivity index (χ0v) is 20.0. The summed E-state index contributed by atoms with van der Waals surface area (Å²) >= 11 is 0. The van der Waals surface area contributed by atoms with Crippen molar-refractivity contribution < 1.29 is 14.3 Å². The summed E-state index contributed by atoms with van der Waals surface area (Å²) in [6.07, 6.45) is 1.67. The smallest absolute Gasteiger partial charge is 0.225 e. The third kappa shape index (κ3) is 6.80. The van der Waals surface area contributed by atoms with Crippen LogP contribution in [0.4, 0.5) is 0 Å². The molecule has 6 heteroatoms. The SMILES string of the molecule is CCC(CC)C(=O)N1CCN(CC(OCc2ccc(C#N)cc2)c2cccc(OC)c2)CC1. The highest BCUT2D eigenvalue weighted by molar-refractivity contribution is 5.78. The first-order chi connectivity index (χ1) is 16.1. The standard InChI is InChI=1S/C27H35N3O3/c1-4-23(5-2)27(31)30-15-13-29(14-16-30)19-26(24-7-6-8-25(17-24)32-3)33-20-22-11-9-21(18-28)10-12-22/h6-12,17,23,26H,4-5,13-16,19-20H2,1-3H3. The van der Waals surface area contributed by atoms with Crippen molar-refractivity contribution in [3.05, 3.63) is 65.2 Å². The van der Waals surface area contributed by atoms with Gasteiger partial charge in [0.1, 0.15) is 5.75 Å². The Balaban J connectivity index is 1.65. The van der Waals surface area contributed by atoms with E-state index in [-0.39, 0.29) is 12.0 Å². The van der Waals surface area contributed by atoms with Crippen molar-refractivity contribution in [2.45, 2.75) is 39.4 Å². The second-order valence-corrected chi connectivity index (χ2v) is 8.52. The van der Waals surface area contributed by atoms with Gasteiger partial charge in [-0.05, 0) is 48.2 Å². The normalized spacial score (nSPS) is 15.3. The lowest BCUT2D eigenvalue weighted by atomic mass is 10.0. The van der Waals surface area contributed by atoms with E-state index in [1.807, 2.05) is 47.4 Å². The quantitative estimate of drug-likeness (QED) is 0.538. The topological polar surface area (TPSA) is 65.8 Å². The summed E-state index contributed by atoms with van der Waals surface area (Å²) in [6, 6.07) is 17.7.